The van der Waals surface area contributed by atoms with Crippen LogP contribution in [-0.4, -0.2) is 62.1 Å². The number of aromatic nitrogens is 2. The first-order valence-corrected chi connectivity index (χ1v) is 12.5. The highest BCUT2D eigenvalue weighted by atomic mass is 19.3. The molecule has 3 amide bonds. The molecule has 1 aromatic carbocycles. The van der Waals surface area contributed by atoms with Crippen LogP contribution in [0.15, 0.2) is 36.5 Å². The molecule has 1 N–H and O–H groups in total. The predicted octanol–water partition coefficient (Wildman–Crippen LogP) is 3.23. The molecular weight excluding hydrogens is 480 g/mol. The van der Waals surface area contributed by atoms with E-state index in [1.807, 2.05) is 42.1 Å². The van der Waals surface area contributed by atoms with Crippen molar-refractivity contribution in [1.82, 2.24) is 24.7 Å². The fourth-order valence-electron chi connectivity index (χ4n) is 5.59. The van der Waals surface area contributed by atoms with Gasteiger partial charge in [0.2, 0.25) is 11.8 Å². The van der Waals surface area contributed by atoms with Crippen molar-refractivity contribution in [3.05, 3.63) is 53.2 Å². The molecule has 0 aliphatic carbocycles. The number of likely N-dealkylation sites (tertiary alicyclic amines) is 1. The second-order valence-electron chi connectivity index (χ2n) is 10.2. The predicted molar refractivity (Wildman–Crippen MR) is 132 cm³/mol. The van der Waals surface area contributed by atoms with Crippen LogP contribution in [0.25, 0.3) is 22.3 Å². The Morgan fingerprint density at radius 1 is 1.11 bits per heavy atom. The summed E-state index contributed by atoms with van der Waals surface area (Å²) in [4.78, 5) is 45.4. The Kier molecular flexibility index (Phi) is 5.59. The van der Waals surface area contributed by atoms with Crippen LogP contribution in [0, 0.1) is 0 Å². The number of rotatable bonds is 4. The van der Waals surface area contributed by atoms with E-state index in [0.717, 1.165) is 33.4 Å². The number of hydrogen-bond donors (Lipinski definition) is 1. The molecule has 2 fully saturated rings. The van der Waals surface area contributed by atoms with E-state index in [9.17, 15) is 23.2 Å². The van der Waals surface area contributed by atoms with Gasteiger partial charge in [-0.3, -0.25) is 24.6 Å². The molecule has 0 bridgehead atoms. The van der Waals surface area contributed by atoms with Crippen molar-refractivity contribution in [3.8, 4) is 11.3 Å². The number of piperidine rings is 2. The molecule has 5 heterocycles. The summed E-state index contributed by atoms with van der Waals surface area (Å²) in [5.74, 6) is -3.56. The average molecular weight is 508 g/mol. The van der Waals surface area contributed by atoms with Crippen LogP contribution in [0.5, 0.6) is 0 Å². The Morgan fingerprint density at radius 2 is 1.89 bits per heavy atom. The summed E-state index contributed by atoms with van der Waals surface area (Å²) in [7, 11) is 1.92. The number of hydrogen-bond acceptors (Lipinski definition) is 5. The second-order valence-corrected chi connectivity index (χ2v) is 10.2. The van der Waals surface area contributed by atoms with Crippen LogP contribution in [0.3, 0.4) is 0 Å². The van der Waals surface area contributed by atoms with Crippen LogP contribution in [0.2, 0.25) is 0 Å². The van der Waals surface area contributed by atoms with Crippen LogP contribution in [-0.2, 0) is 29.7 Å². The first-order valence-electron chi connectivity index (χ1n) is 12.5. The first-order chi connectivity index (χ1) is 17.7. The summed E-state index contributed by atoms with van der Waals surface area (Å²) in [5.41, 5.74) is 4.75. The second kappa shape index (κ2) is 8.72. The normalized spacial score (nSPS) is 22.0. The highest BCUT2D eigenvalue weighted by Crippen LogP contribution is 2.34. The lowest BCUT2D eigenvalue weighted by molar-refractivity contribution is -0.136. The maximum absolute atomic E-state index is 13.7. The zero-order valence-corrected chi connectivity index (χ0v) is 20.5. The van der Waals surface area contributed by atoms with Crippen molar-refractivity contribution < 1.29 is 23.2 Å². The van der Waals surface area contributed by atoms with Gasteiger partial charge in [0.15, 0.2) is 0 Å². The number of nitrogens with one attached hydrogen (secondary N) is 1. The maximum Gasteiger partial charge on any atom is 0.255 e. The molecule has 3 aliphatic rings. The molecule has 0 saturated carbocycles. The van der Waals surface area contributed by atoms with Gasteiger partial charge in [0.25, 0.3) is 11.8 Å². The largest absolute Gasteiger partial charge is 0.336 e. The van der Waals surface area contributed by atoms with Gasteiger partial charge in [0.1, 0.15) is 11.7 Å². The van der Waals surface area contributed by atoms with E-state index in [1.54, 1.807) is 6.07 Å². The molecule has 2 aromatic heterocycles. The number of nitrogens with zero attached hydrogens (tertiary/aromatic N) is 4. The molecule has 37 heavy (non-hydrogen) atoms. The van der Waals surface area contributed by atoms with E-state index in [1.165, 1.54) is 4.90 Å². The Hall–Kier alpha value is -3.66. The lowest BCUT2D eigenvalue weighted by atomic mass is 10.0. The molecule has 6 rings (SSSR count). The van der Waals surface area contributed by atoms with E-state index < -0.39 is 17.9 Å². The first kappa shape index (κ1) is 23.7. The number of aryl methyl sites for hydroxylation is 1. The molecule has 0 radical (unpaired) electrons. The Bertz CT molecular complexity index is 1440. The number of pyridine rings is 1. The van der Waals surface area contributed by atoms with Crippen molar-refractivity contribution in [2.45, 2.75) is 50.7 Å². The van der Waals surface area contributed by atoms with Crippen LogP contribution in [0.4, 0.5) is 8.78 Å². The van der Waals surface area contributed by atoms with Crippen molar-refractivity contribution in [2.24, 2.45) is 7.05 Å². The van der Waals surface area contributed by atoms with Crippen molar-refractivity contribution in [2.75, 3.05) is 13.1 Å². The molecule has 192 valence electrons. The summed E-state index contributed by atoms with van der Waals surface area (Å²) in [6.45, 7) is 1.53. The number of benzene rings is 1. The number of alkyl halides is 2. The van der Waals surface area contributed by atoms with Gasteiger partial charge in [-0.1, -0.05) is 6.07 Å². The highest BCUT2D eigenvalue weighted by Gasteiger charge is 2.39. The lowest BCUT2D eigenvalue weighted by Gasteiger charge is -2.31. The van der Waals surface area contributed by atoms with Crippen LogP contribution >= 0.6 is 0 Å². The Morgan fingerprint density at radius 3 is 2.65 bits per heavy atom. The number of carbonyl (C=O) groups excluding carboxylic acids is 3. The molecule has 1 atom stereocenters. The zero-order chi connectivity index (χ0) is 25.9. The maximum atomic E-state index is 13.7. The molecule has 0 spiro atoms. The van der Waals surface area contributed by atoms with Gasteiger partial charge in [0, 0.05) is 75.2 Å². The molecule has 3 aliphatic heterocycles. The standard InChI is InChI=1S/C27H27F2N5O3/c1-32-9-6-19-18(14-33-10-7-27(28,29)8-11-33)13-21(30-24(19)32)16-2-3-20-17(12-16)15-34(26(20)37)22-4-5-23(35)31-25(22)36/h2-3,6,9,12-13,22H,4-5,7-8,10-11,14-15H2,1H3,(H,31,35,36). The zero-order valence-electron chi connectivity index (χ0n) is 20.5. The summed E-state index contributed by atoms with van der Waals surface area (Å²) in [5, 5.41) is 3.31. The third-order valence-electron chi connectivity index (χ3n) is 7.72. The number of amides is 3. The Labute approximate surface area is 212 Å². The van der Waals surface area contributed by atoms with E-state index in [0.29, 0.717) is 31.6 Å². The van der Waals surface area contributed by atoms with Crippen LogP contribution in [0.1, 0.15) is 47.2 Å². The van der Waals surface area contributed by atoms with Gasteiger partial charge < -0.3 is 9.47 Å². The monoisotopic (exact) mass is 507 g/mol. The minimum Gasteiger partial charge on any atom is -0.336 e. The molecule has 8 nitrogen and oxygen atoms in total. The lowest BCUT2D eigenvalue weighted by Crippen LogP contribution is -2.52. The number of carbonyl (C=O) groups is 3. The molecule has 2 saturated heterocycles. The van der Waals surface area contributed by atoms with E-state index in [2.05, 4.69) is 10.2 Å². The third kappa shape index (κ3) is 4.29. The van der Waals surface area contributed by atoms with Gasteiger partial charge in [-0.25, -0.2) is 13.8 Å². The van der Waals surface area contributed by atoms with Crippen molar-refractivity contribution in [1.29, 1.82) is 0 Å². The minimum atomic E-state index is -2.59. The quantitative estimate of drug-likeness (QED) is 0.548. The average Bonchev–Trinajstić information content (AvgIpc) is 3.40. The summed E-state index contributed by atoms with van der Waals surface area (Å²) in [6, 6.07) is 8.89. The van der Waals surface area contributed by atoms with Gasteiger partial charge in [-0.05, 0) is 41.8 Å². The van der Waals surface area contributed by atoms with E-state index in [-0.39, 0.29) is 37.6 Å². The fourth-order valence-corrected chi connectivity index (χ4v) is 5.59. The molecule has 10 heteroatoms. The molecule has 1 unspecified atom stereocenters. The SMILES string of the molecule is Cn1ccc2c(CN3CCC(F)(F)CC3)cc(-c3ccc4c(c3)CN(C3CCC(=O)NC3=O)C4=O)nc21. The van der Waals surface area contributed by atoms with Gasteiger partial charge in [-0.2, -0.15) is 0 Å². The minimum absolute atomic E-state index is 0.134. The molecular formula is C27H27F2N5O3. The summed E-state index contributed by atoms with van der Waals surface area (Å²) >= 11 is 0. The smallest absolute Gasteiger partial charge is 0.255 e. The van der Waals surface area contributed by atoms with Crippen molar-refractivity contribution in [3.63, 3.8) is 0 Å². The number of fused-ring (bicyclic) bond motifs is 2. The topological polar surface area (TPSA) is 87.5 Å². The third-order valence-corrected chi connectivity index (χ3v) is 7.72. The summed E-state index contributed by atoms with van der Waals surface area (Å²) < 4.78 is 29.3. The van der Waals surface area contributed by atoms with Crippen molar-refractivity contribution >= 4 is 28.8 Å². The van der Waals surface area contributed by atoms with E-state index in [4.69, 9.17) is 4.98 Å². The number of imide groups is 1. The Balaban J connectivity index is 1.30. The highest BCUT2D eigenvalue weighted by molar-refractivity contribution is 6.05. The summed E-state index contributed by atoms with van der Waals surface area (Å²) in [6.07, 6.45) is 2.19. The van der Waals surface area contributed by atoms with Crippen LogP contribution < -0.4 is 5.32 Å². The molecule has 3 aromatic rings. The van der Waals surface area contributed by atoms with Gasteiger partial charge in [-0.15, -0.1) is 0 Å². The fraction of sp³-hybridized carbons (Fsp3) is 0.407. The van der Waals surface area contributed by atoms with E-state index >= 15 is 0 Å². The van der Waals surface area contributed by atoms with Gasteiger partial charge >= 0.3 is 0 Å². The van der Waals surface area contributed by atoms with Gasteiger partial charge in [0.05, 0.1) is 5.69 Å². The number of halogens is 2.